The van der Waals surface area contributed by atoms with E-state index in [1.54, 1.807) is 54.6 Å². The van der Waals surface area contributed by atoms with Gasteiger partial charge in [0.1, 0.15) is 12.0 Å². The van der Waals surface area contributed by atoms with Crippen LogP contribution in [-0.2, 0) is 22.6 Å². The zero-order valence-corrected chi connectivity index (χ0v) is 16.6. The largest absolute Gasteiger partial charge is 0.444 e. The molecule has 2 aromatic carbocycles. The normalized spacial score (nSPS) is 20.0. The van der Waals surface area contributed by atoms with E-state index < -0.39 is 21.3 Å². The average Bonchev–Trinajstić information content (AvgIpc) is 2.99. The zero-order chi connectivity index (χ0) is 19.5. The van der Waals surface area contributed by atoms with Gasteiger partial charge in [-0.2, -0.15) is 8.78 Å². The zero-order valence-electron chi connectivity index (χ0n) is 14.4. The van der Waals surface area contributed by atoms with Crippen LogP contribution in [0.2, 0.25) is 0 Å². The molecule has 142 valence electrons. The number of hydrogen-bond donors (Lipinski definition) is 0. The number of carbonyl (C=O) groups is 2. The van der Waals surface area contributed by atoms with Crippen LogP contribution in [0.4, 0.5) is 13.6 Å². The van der Waals surface area contributed by atoms with Crippen molar-refractivity contribution in [2.24, 2.45) is 5.41 Å². The minimum absolute atomic E-state index is 0.0181. The Hall–Kier alpha value is -2.03. The minimum Gasteiger partial charge on any atom is -0.444 e. The molecule has 1 aliphatic heterocycles. The van der Waals surface area contributed by atoms with Crippen LogP contribution in [0.3, 0.4) is 0 Å². The fourth-order valence-electron chi connectivity index (χ4n) is 3.21. The Balaban J connectivity index is 1.76. The topological polar surface area (TPSA) is 46.6 Å². The van der Waals surface area contributed by atoms with E-state index in [0.29, 0.717) is 5.56 Å². The molecule has 0 bridgehead atoms. The fraction of sp³-hybridized carbons (Fsp3) is 0.300. The van der Waals surface area contributed by atoms with Crippen LogP contribution in [0.25, 0.3) is 0 Å². The Morgan fingerprint density at radius 1 is 1.07 bits per heavy atom. The molecule has 27 heavy (non-hydrogen) atoms. The molecule has 2 amide bonds. The van der Waals surface area contributed by atoms with Gasteiger partial charge in [0.05, 0.1) is 0 Å². The number of halogens is 3. The van der Waals surface area contributed by atoms with Gasteiger partial charge in [-0.3, -0.25) is 4.79 Å². The second kappa shape index (κ2) is 7.92. The van der Waals surface area contributed by atoms with Gasteiger partial charge in [0, 0.05) is 6.54 Å². The quantitative estimate of drug-likeness (QED) is 0.451. The molecule has 0 radical (unpaired) electrons. The number of hydrogen-bond acceptors (Lipinski definition) is 3. The lowest BCUT2D eigenvalue weighted by Crippen LogP contribution is -2.47. The molecule has 1 aliphatic rings. The van der Waals surface area contributed by atoms with E-state index in [9.17, 15) is 18.4 Å². The van der Waals surface area contributed by atoms with Crippen LogP contribution >= 0.6 is 22.6 Å². The summed E-state index contributed by atoms with van der Waals surface area (Å²) < 4.78 is 30.8. The highest BCUT2D eigenvalue weighted by Crippen LogP contribution is 2.51. The Morgan fingerprint density at radius 3 is 2.19 bits per heavy atom. The third-order valence-corrected chi connectivity index (χ3v) is 5.77. The summed E-state index contributed by atoms with van der Waals surface area (Å²) in [6, 6.07) is 17.6. The lowest BCUT2D eigenvalue weighted by atomic mass is 9.80. The number of nitrogens with zero attached hydrogens (tertiary/aromatic N) is 1. The van der Waals surface area contributed by atoms with Gasteiger partial charge in [0.25, 0.3) is 0 Å². The molecule has 7 heteroatoms. The Bertz CT molecular complexity index is 811. The Morgan fingerprint density at radius 2 is 1.63 bits per heavy atom. The van der Waals surface area contributed by atoms with E-state index in [-0.39, 0.29) is 26.0 Å². The summed E-state index contributed by atoms with van der Waals surface area (Å²) in [4.78, 5) is 26.0. The summed E-state index contributed by atoms with van der Waals surface area (Å²) in [5.41, 5.74) is -0.574. The van der Waals surface area contributed by atoms with Crippen molar-refractivity contribution in [2.75, 3.05) is 6.54 Å². The van der Waals surface area contributed by atoms with Crippen molar-refractivity contribution in [3.8, 4) is 0 Å². The first-order chi connectivity index (χ1) is 12.8. The molecule has 0 aliphatic carbocycles. The van der Waals surface area contributed by atoms with E-state index in [1.807, 2.05) is 6.07 Å². The molecule has 3 rings (SSSR count). The SMILES string of the molecule is O=C(OCc1ccccc1)N1CCC(Cc2ccccc2)(C(F)(F)I)C1=O. The second-order valence-electron chi connectivity index (χ2n) is 6.49. The number of ether oxygens (including phenoxy) is 1. The molecule has 2 aromatic rings. The summed E-state index contributed by atoms with van der Waals surface area (Å²) in [7, 11) is 0. The van der Waals surface area contributed by atoms with Gasteiger partial charge < -0.3 is 4.74 Å². The summed E-state index contributed by atoms with van der Waals surface area (Å²) in [5.74, 6) is -0.885. The molecular weight excluding hydrogens is 467 g/mol. The predicted molar refractivity (Wildman–Crippen MR) is 105 cm³/mol. The predicted octanol–water partition coefficient (Wildman–Crippen LogP) is 4.81. The second-order valence-corrected chi connectivity index (χ2v) is 7.84. The first-order valence-corrected chi connectivity index (χ1v) is 9.55. The number of carbonyl (C=O) groups excluding carboxylic acids is 2. The standard InChI is InChI=1S/C20H18F2INO3/c21-20(22,23)19(13-15-7-3-1-4-8-15)11-12-24(17(19)25)18(26)27-14-16-9-5-2-6-10-16/h1-10H,11-14H2. The molecule has 0 saturated carbocycles. The van der Waals surface area contributed by atoms with Gasteiger partial charge in [-0.25, -0.2) is 9.69 Å². The average molecular weight is 485 g/mol. The molecule has 0 spiro atoms. The van der Waals surface area contributed by atoms with Crippen LogP contribution in [0.5, 0.6) is 0 Å². The molecular formula is C20H18F2INO3. The fourth-order valence-corrected chi connectivity index (χ4v) is 3.90. The van der Waals surface area contributed by atoms with E-state index in [1.165, 1.54) is 0 Å². The molecule has 0 aromatic heterocycles. The van der Waals surface area contributed by atoms with Gasteiger partial charge in [-0.15, -0.1) is 0 Å². The van der Waals surface area contributed by atoms with Gasteiger partial charge in [0.2, 0.25) is 5.91 Å². The van der Waals surface area contributed by atoms with E-state index in [0.717, 1.165) is 33.1 Å². The lowest BCUT2D eigenvalue weighted by molar-refractivity contribution is -0.144. The van der Waals surface area contributed by atoms with Gasteiger partial charge in [-0.1, -0.05) is 60.7 Å². The maximum absolute atomic E-state index is 14.5. The maximum Gasteiger partial charge on any atom is 0.416 e. The number of imide groups is 1. The van der Waals surface area contributed by atoms with Gasteiger partial charge in [-0.05, 0) is 46.6 Å². The maximum atomic E-state index is 14.5. The molecule has 1 fully saturated rings. The molecule has 1 atom stereocenters. The van der Waals surface area contributed by atoms with Gasteiger partial charge in [0.15, 0.2) is 0 Å². The first-order valence-electron chi connectivity index (χ1n) is 8.47. The highest BCUT2D eigenvalue weighted by atomic mass is 127. The van der Waals surface area contributed by atoms with Crippen molar-refractivity contribution in [2.45, 2.75) is 23.4 Å². The molecule has 0 N–H and O–H groups in total. The van der Waals surface area contributed by atoms with E-state index in [2.05, 4.69) is 0 Å². The molecule has 4 nitrogen and oxygen atoms in total. The number of rotatable bonds is 5. The van der Waals surface area contributed by atoms with Crippen LogP contribution in [0.15, 0.2) is 60.7 Å². The number of alkyl halides is 3. The van der Waals surface area contributed by atoms with Crippen LogP contribution in [0, 0.1) is 5.41 Å². The van der Waals surface area contributed by atoms with E-state index >= 15 is 0 Å². The van der Waals surface area contributed by atoms with Crippen molar-refractivity contribution in [1.29, 1.82) is 0 Å². The summed E-state index contributed by atoms with van der Waals surface area (Å²) in [6.45, 7) is -0.104. The van der Waals surface area contributed by atoms with E-state index in [4.69, 9.17) is 4.74 Å². The number of benzene rings is 2. The summed E-state index contributed by atoms with van der Waals surface area (Å²) >= 11 is 1.00. The Labute approximate surface area is 169 Å². The number of amides is 2. The van der Waals surface area contributed by atoms with Crippen molar-refractivity contribution < 1.29 is 23.1 Å². The lowest BCUT2D eigenvalue weighted by Gasteiger charge is -2.31. The van der Waals surface area contributed by atoms with Crippen LogP contribution in [0.1, 0.15) is 17.5 Å². The molecule has 1 saturated heterocycles. The first kappa shape index (κ1) is 19.7. The summed E-state index contributed by atoms with van der Waals surface area (Å²) in [5, 5.41) is 0. The minimum atomic E-state index is -3.30. The van der Waals surface area contributed by atoms with Crippen molar-refractivity contribution in [3.05, 3.63) is 71.8 Å². The number of likely N-dealkylation sites (tertiary alicyclic amines) is 1. The Kier molecular flexibility index (Phi) is 5.78. The third-order valence-electron chi connectivity index (χ3n) is 4.73. The van der Waals surface area contributed by atoms with Crippen molar-refractivity contribution in [3.63, 3.8) is 0 Å². The monoisotopic (exact) mass is 485 g/mol. The summed E-state index contributed by atoms with van der Waals surface area (Å²) in [6.07, 6.45) is -1.14. The highest BCUT2D eigenvalue weighted by Gasteiger charge is 2.62. The third kappa shape index (κ3) is 4.12. The van der Waals surface area contributed by atoms with Crippen molar-refractivity contribution >= 4 is 34.6 Å². The molecule has 1 unspecified atom stereocenters. The highest BCUT2D eigenvalue weighted by molar-refractivity contribution is 14.1. The smallest absolute Gasteiger partial charge is 0.416 e. The van der Waals surface area contributed by atoms with Crippen LogP contribution < -0.4 is 0 Å². The molecule has 1 heterocycles. The van der Waals surface area contributed by atoms with Crippen LogP contribution in [-0.4, -0.2) is 27.4 Å². The van der Waals surface area contributed by atoms with Gasteiger partial charge >= 0.3 is 10.0 Å². The van der Waals surface area contributed by atoms with Crippen molar-refractivity contribution in [1.82, 2.24) is 4.90 Å².